The van der Waals surface area contributed by atoms with Crippen molar-refractivity contribution in [1.82, 2.24) is 15.3 Å². The van der Waals surface area contributed by atoms with Crippen LogP contribution in [0.3, 0.4) is 0 Å². The van der Waals surface area contributed by atoms with E-state index in [1.165, 1.54) is 17.8 Å². The molecule has 4 rings (SSSR count). The van der Waals surface area contributed by atoms with Gasteiger partial charge in [-0.1, -0.05) is 6.92 Å². The van der Waals surface area contributed by atoms with Gasteiger partial charge in [0.2, 0.25) is 11.9 Å². The first-order valence-corrected chi connectivity index (χ1v) is 12.9. The van der Waals surface area contributed by atoms with Crippen LogP contribution in [-0.2, 0) is 4.79 Å². The Morgan fingerprint density at radius 1 is 1.28 bits per heavy atom. The number of anilines is 2. The maximum absolute atomic E-state index is 12.9. The van der Waals surface area contributed by atoms with Crippen molar-refractivity contribution in [2.24, 2.45) is 0 Å². The number of aryl methyl sites for hydroxylation is 1. The van der Waals surface area contributed by atoms with Gasteiger partial charge in [0.1, 0.15) is 15.8 Å². The molecule has 2 aromatic rings. The van der Waals surface area contributed by atoms with Gasteiger partial charge >= 0.3 is 5.97 Å². The van der Waals surface area contributed by atoms with E-state index in [9.17, 15) is 14.7 Å². The normalized spacial score (nSPS) is 23.3. The minimum absolute atomic E-state index is 0.0237. The van der Waals surface area contributed by atoms with Gasteiger partial charge in [-0.2, -0.15) is 0 Å². The van der Waals surface area contributed by atoms with Crippen LogP contribution in [-0.4, -0.2) is 56.7 Å². The predicted molar refractivity (Wildman–Crippen MR) is 130 cm³/mol. The average Bonchev–Trinajstić information content (AvgIpc) is 3.37. The lowest BCUT2D eigenvalue weighted by atomic mass is 10.0. The molecule has 32 heavy (non-hydrogen) atoms. The smallest absolute Gasteiger partial charge is 0.339 e. The molecule has 3 unspecified atom stereocenters. The highest BCUT2D eigenvalue weighted by atomic mass is 32.2. The molecule has 2 fully saturated rings. The van der Waals surface area contributed by atoms with E-state index in [1.54, 1.807) is 23.3 Å². The molecule has 0 saturated carbocycles. The van der Waals surface area contributed by atoms with E-state index in [0.29, 0.717) is 22.1 Å². The number of amides is 1. The van der Waals surface area contributed by atoms with E-state index < -0.39 is 5.97 Å². The Labute approximate surface area is 196 Å². The molecule has 0 aliphatic carbocycles. The van der Waals surface area contributed by atoms with Gasteiger partial charge in [0.05, 0.1) is 11.1 Å². The number of aromatic carboxylic acids is 1. The Balaban J connectivity index is 1.58. The molecule has 0 radical (unpaired) electrons. The summed E-state index contributed by atoms with van der Waals surface area (Å²) in [6.07, 6.45) is 6.12. The molecule has 0 aromatic carbocycles. The van der Waals surface area contributed by atoms with Gasteiger partial charge in [-0.3, -0.25) is 4.79 Å². The Bertz CT molecular complexity index is 1010. The second-order valence-corrected chi connectivity index (χ2v) is 10.5. The number of hydrogen-bond donors (Lipinski definition) is 3. The van der Waals surface area contributed by atoms with Gasteiger partial charge in [-0.05, 0) is 39.5 Å². The highest BCUT2D eigenvalue weighted by Gasteiger charge is 2.36. The van der Waals surface area contributed by atoms with Gasteiger partial charge in [-0.25, -0.2) is 14.8 Å². The summed E-state index contributed by atoms with van der Waals surface area (Å²) in [6.45, 7) is 7.82. The van der Waals surface area contributed by atoms with Crippen LogP contribution in [0.5, 0.6) is 0 Å². The number of thiophene rings is 1. The molecule has 0 spiro atoms. The topological polar surface area (TPSA) is 107 Å². The maximum Gasteiger partial charge on any atom is 0.339 e. The summed E-state index contributed by atoms with van der Waals surface area (Å²) in [5.74, 6) is -0.556. The molecule has 3 atom stereocenters. The summed E-state index contributed by atoms with van der Waals surface area (Å²) < 4.78 is 0. The zero-order valence-electron chi connectivity index (χ0n) is 18.6. The van der Waals surface area contributed by atoms with Crippen molar-refractivity contribution in [2.75, 3.05) is 23.3 Å². The van der Waals surface area contributed by atoms with E-state index in [1.807, 2.05) is 13.8 Å². The Morgan fingerprint density at radius 3 is 2.66 bits per heavy atom. The van der Waals surface area contributed by atoms with E-state index >= 15 is 0 Å². The fourth-order valence-electron chi connectivity index (χ4n) is 4.23. The number of carboxylic acids is 1. The molecule has 10 heteroatoms. The van der Waals surface area contributed by atoms with Crippen molar-refractivity contribution >= 4 is 45.9 Å². The quantitative estimate of drug-likeness (QED) is 0.576. The lowest BCUT2D eigenvalue weighted by molar-refractivity contribution is -0.115. The van der Waals surface area contributed by atoms with Gasteiger partial charge < -0.3 is 20.6 Å². The van der Waals surface area contributed by atoms with Crippen molar-refractivity contribution in [3.63, 3.8) is 0 Å². The predicted octanol–water partition coefficient (Wildman–Crippen LogP) is 3.97. The fraction of sp³-hybridized carbons (Fsp3) is 0.545. The van der Waals surface area contributed by atoms with Crippen molar-refractivity contribution in [3.05, 3.63) is 22.8 Å². The molecule has 8 nitrogen and oxygen atoms in total. The number of piperidine rings is 1. The molecule has 2 aliphatic heterocycles. The number of rotatable bonds is 6. The monoisotopic (exact) mass is 475 g/mol. The number of carbonyl (C=O) groups excluding carboxylic acids is 1. The van der Waals surface area contributed by atoms with Crippen LogP contribution in [0.1, 0.15) is 55.6 Å². The van der Waals surface area contributed by atoms with Crippen LogP contribution < -0.4 is 15.5 Å². The summed E-state index contributed by atoms with van der Waals surface area (Å²) in [4.78, 5) is 36.4. The van der Waals surface area contributed by atoms with Gasteiger partial charge in [0.25, 0.3) is 0 Å². The third kappa shape index (κ3) is 4.62. The molecule has 2 aliphatic rings. The second kappa shape index (κ2) is 9.76. The highest BCUT2D eigenvalue weighted by molar-refractivity contribution is 8.01. The number of carbonyl (C=O) groups is 2. The van der Waals surface area contributed by atoms with Crippen molar-refractivity contribution in [3.8, 4) is 11.1 Å². The molecule has 4 heterocycles. The molecule has 0 bridgehead atoms. The van der Waals surface area contributed by atoms with Gasteiger partial charge in [-0.15, -0.1) is 23.1 Å². The zero-order chi connectivity index (χ0) is 22.8. The molecular formula is C22H29N5O3S2. The lowest BCUT2D eigenvalue weighted by Gasteiger charge is -2.26. The first-order chi connectivity index (χ1) is 15.4. The van der Waals surface area contributed by atoms with Crippen LogP contribution in [0, 0.1) is 6.92 Å². The van der Waals surface area contributed by atoms with Crippen LogP contribution in [0.4, 0.5) is 10.9 Å². The van der Waals surface area contributed by atoms with Crippen molar-refractivity contribution < 1.29 is 14.7 Å². The zero-order valence-corrected chi connectivity index (χ0v) is 20.2. The van der Waals surface area contributed by atoms with E-state index in [4.69, 9.17) is 0 Å². The summed E-state index contributed by atoms with van der Waals surface area (Å²) in [5, 5.41) is 18.3. The maximum atomic E-state index is 12.9. The number of aromatic nitrogens is 2. The number of carboxylic acid groups (broad SMARTS) is 1. The standard InChI is InChI=1S/C22H29N5O3S2/c1-4-16-24-13(3)18(32-16)19(28)26-20-17(21(29)30)15(11-31-20)14-10-23-22(25-12(14)2)27-8-6-5-7-9-27/h10-11,13,16,18,24H,4-9H2,1-3H3,(H,26,28)(H,29,30). The number of nitrogens with zero attached hydrogens (tertiary/aromatic N) is 3. The van der Waals surface area contributed by atoms with Crippen LogP contribution in [0.15, 0.2) is 11.6 Å². The van der Waals surface area contributed by atoms with E-state index in [-0.39, 0.29) is 28.1 Å². The summed E-state index contributed by atoms with van der Waals surface area (Å²) in [6, 6.07) is 0.0237. The minimum Gasteiger partial charge on any atom is -0.478 e. The third-order valence-electron chi connectivity index (χ3n) is 5.98. The molecule has 1 amide bonds. The Hall–Kier alpha value is -2.17. The van der Waals surface area contributed by atoms with Crippen molar-refractivity contribution in [2.45, 2.75) is 63.1 Å². The number of hydrogen-bond acceptors (Lipinski definition) is 8. The summed E-state index contributed by atoms with van der Waals surface area (Å²) in [5.41, 5.74) is 2.04. The number of thioether (sulfide) groups is 1. The van der Waals surface area contributed by atoms with Gasteiger partial charge in [0.15, 0.2) is 0 Å². The molecular weight excluding hydrogens is 446 g/mol. The third-order valence-corrected chi connectivity index (χ3v) is 8.59. The molecule has 172 valence electrons. The van der Waals surface area contributed by atoms with E-state index in [0.717, 1.165) is 38.0 Å². The van der Waals surface area contributed by atoms with Crippen molar-refractivity contribution in [1.29, 1.82) is 0 Å². The Morgan fingerprint density at radius 2 is 2.03 bits per heavy atom. The van der Waals surface area contributed by atoms with Crippen LogP contribution in [0.25, 0.3) is 11.1 Å². The molecule has 2 aromatic heterocycles. The Kier molecular flexibility index (Phi) is 7.02. The van der Waals surface area contributed by atoms with Crippen LogP contribution in [0.2, 0.25) is 0 Å². The average molecular weight is 476 g/mol. The summed E-state index contributed by atoms with van der Waals surface area (Å²) >= 11 is 2.82. The summed E-state index contributed by atoms with van der Waals surface area (Å²) in [7, 11) is 0. The van der Waals surface area contributed by atoms with Gasteiger partial charge in [0, 0.05) is 41.8 Å². The van der Waals surface area contributed by atoms with E-state index in [2.05, 4.69) is 32.4 Å². The highest BCUT2D eigenvalue weighted by Crippen LogP contribution is 2.38. The SMILES string of the molecule is CCC1NC(C)C(C(=O)Nc2scc(-c3cnc(N4CCCCC4)nc3C)c2C(=O)O)S1. The fourth-order valence-corrected chi connectivity index (χ4v) is 6.52. The van der Waals surface area contributed by atoms with Crippen LogP contribution >= 0.6 is 23.1 Å². The largest absolute Gasteiger partial charge is 0.478 e. The first-order valence-electron chi connectivity index (χ1n) is 11.0. The molecule has 3 N–H and O–H groups in total. The lowest BCUT2D eigenvalue weighted by Crippen LogP contribution is -2.36. The number of nitrogens with one attached hydrogen (secondary N) is 2. The first kappa shape index (κ1) is 23.0. The molecule has 2 saturated heterocycles. The minimum atomic E-state index is -1.08. The second-order valence-electron chi connectivity index (χ2n) is 8.27.